The van der Waals surface area contributed by atoms with Gasteiger partial charge in [0, 0.05) is 25.7 Å². The maximum absolute atomic E-state index is 13.0. The van der Waals surface area contributed by atoms with Crippen LogP contribution >= 0.6 is 0 Å². The van der Waals surface area contributed by atoms with Crippen molar-refractivity contribution >= 4 is 17.8 Å². The molecule has 2 aliphatic rings. The van der Waals surface area contributed by atoms with Gasteiger partial charge in [-0.05, 0) is 51.2 Å². The van der Waals surface area contributed by atoms with E-state index < -0.39 is 12.1 Å². The normalized spacial score (nSPS) is 21.9. The van der Waals surface area contributed by atoms with Gasteiger partial charge in [0.15, 0.2) is 5.96 Å². The Kier molecular flexibility index (Phi) is 7.56. The van der Waals surface area contributed by atoms with Crippen molar-refractivity contribution < 1.29 is 22.8 Å². The number of aliphatic imine (C=N–C) groups is 1. The molecule has 0 spiro atoms. The Balaban J connectivity index is 1.46. The van der Waals surface area contributed by atoms with Gasteiger partial charge in [-0.3, -0.25) is 19.5 Å². The fourth-order valence-electron chi connectivity index (χ4n) is 4.15. The van der Waals surface area contributed by atoms with Gasteiger partial charge >= 0.3 is 6.18 Å². The number of hydrogen-bond donors (Lipinski definition) is 2. The predicted molar refractivity (Wildman–Crippen MR) is 112 cm³/mol. The molecule has 1 aromatic carbocycles. The second-order valence-corrected chi connectivity index (χ2v) is 8.02. The number of carbonyl (C=O) groups excluding carboxylic acids is 2. The highest BCUT2D eigenvalue weighted by molar-refractivity contribution is 6.21. The zero-order chi connectivity index (χ0) is 22.4. The van der Waals surface area contributed by atoms with Gasteiger partial charge in [0.2, 0.25) is 0 Å². The number of nitrogens with zero attached hydrogens (tertiary/aromatic N) is 2. The lowest BCUT2D eigenvalue weighted by atomic mass is 9.85. The maximum atomic E-state index is 13.0. The second kappa shape index (κ2) is 10.2. The Labute approximate surface area is 180 Å². The molecule has 170 valence electrons. The Hall–Kier alpha value is -2.58. The minimum Gasteiger partial charge on any atom is -0.357 e. The first kappa shape index (κ1) is 23.1. The van der Waals surface area contributed by atoms with Crippen molar-refractivity contribution in [2.75, 3.05) is 19.6 Å². The highest BCUT2D eigenvalue weighted by atomic mass is 19.4. The summed E-state index contributed by atoms with van der Waals surface area (Å²) in [5.74, 6) is -1.29. The molecule has 1 saturated carbocycles. The zero-order valence-corrected chi connectivity index (χ0v) is 17.7. The Morgan fingerprint density at radius 1 is 1.13 bits per heavy atom. The molecule has 1 aliphatic heterocycles. The van der Waals surface area contributed by atoms with E-state index in [-0.39, 0.29) is 30.7 Å². The molecule has 0 bridgehead atoms. The van der Waals surface area contributed by atoms with Crippen LogP contribution < -0.4 is 10.6 Å². The summed E-state index contributed by atoms with van der Waals surface area (Å²) in [4.78, 5) is 30.4. The van der Waals surface area contributed by atoms with Crippen LogP contribution in [0.1, 0.15) is 66.2 Å². The van der Waals surface area contributed by atoms with Crippen LogP contribution in [0.5, 0.6) is 0 Å². The van der Waals surface area contributed by atoms with Gasteiger partial charge in [-0.1, -0.05) is 18.6 Å². The van der Waals surface area contributed by atoms with E-state index in [4.69, 9.17) is 0 Å². The Morgan fingerprint density at radius 3 is 2.42 bits per heavy atom. The largest absolute Gasteiger partial charge is 0.391 e. The van der Waals surface area contributed by atoms with Crippen molar-refractivity contribution in [3.05, 3.63) is 35.4 Å². The molecule has 1 aromatic rings. The number of alkyl halides is 3. The summed E-state index contributed by atoms with van der Waals surface area (Å²) in [7, 11) is 0. The molecule has 0 radical (unpaired) electrons. The van der Waals surface area contributed by atoms with Crippen LogP contribution in [0, 0.1) is 5.92 Å². The number of guanidine groups is 1. The average molecular weight is 438 g/mol. The molecule has 0 saturated heterocycles. The van der Waals surface area contributed by atoms with Gasteiger partial charge in [-0.25, -0.2) is 0 Å². The van der Waals surface area contributed by atoms with E-state index in [0.29, 0.717) is 62.4 Å². The predicted octanol–water partition coefficient (Wildman–Crippen LogP) is 3.74. The molecule has 1 heterocycles. The number of imide groups is 1. The second-order valence-electron chi connectivity index (χ2n) is 8.02. The molecule has 1 aliphatic carbocycles. The third-order valence-electron chi connectivity index (χ3n) is 5.76. The van der Waals surface area contributed by atoms with Gasteiger partial charge < -0.3 is 10.6 Å². The van der Waals surface area contributed by atoms with Crippen LogP contribution in [-0.2, 0) is 0 Å². The van der Waals surface area contributed by atoms with Crippen LogP contribution in [0.25, 0.3) is 0 Å². The number of rotatable bonds is 7. The minimum atomic E-state index is -4.15. The summed E-state index contributed by atoms with van der Waals surface area (Å²) < 4.78 is 39.1. The van der Waals surface area contributed by atoms with E-state index in [9.17, 15) is 22.8 Å². The fraction of sp³-hybridized carbons (Fsp3) is 0.591. The first-order valence-corrected chi connectivity index (χ1v) is 10.9. The highest BCUT2D eigenvalue weighted by Gasteiger charge is 2.42. The molecular weight excluding hydrogens is 409 g/mol. The van der Waals surface area contributed by atoms with Crippen LogP contribution in [0.4, 0.5) is 13.2 Å². The van der Waals surface area contributed by atoms with Crippen LogP contribution in [0.2, 0.25) is 0 Å². The van der Waals surface area contributed by atoms with Crippen molar-refractivity contribution in [3.63, 3.8) is 0 Å². The fourth-order valence-corrected chi connectivity index (χ4v) is 4.15. The maximum Gasteiger partial charge on any atom is 0.391 e. The molecule has 2 atom stereocenters. The van der Waals surface area contributed by atoms with Crippen LogP contribution in [0.15, 0.2) is 29.3 Å². The van der Waals surface area contributed by atoms with E-state index in [1.807, 2.05) is 6.92 Å². The number of benzene rings is 1. The molecule has 2 amide bonds. The lowest BCUT2D eigenvalue weighted by Gasteiger charge is -2.31. The van der Waals surface area contributed by atoms with Gasteiger partial charge in [-0.15, -0.1) is 0 Å². The Morgan fingerprint density at radius 2 is 1.81 bits per heavy atom. The molecule has 9 heteroatoms. The SMILES string of the molecule is CCNC(=NCCCCN1C(=O)c2ccccc2C1=O)NC1CCCC(C(F)(F)F)C1. The standard InChI is InChI=1S/C22H29F3N4O2/c1-2-26-21(28-16-9-7-8-15(14-16)22(23,24)25)27-12-5-6-13-29-19(30)17-10-3-4-11-18(17)20(29)31/h3-4,10-11,15-16H,2,5-9,12-14H2,1H3,(H2,26,27,28). The van der Waals surface area contributed by atoms with Gasteiger partial charge in [0.05, 0.1) is 17.0 Å². The summed E-state index contributed by atoms with van der Waals surface area (Å²) >= 11 is 0. The molecule has 1 fully saturated rings. The molecule has 2 N–H and O–H groups in total. The van der Waals surface area contributed by atoms with Crippen molar-refractivity contribution in [1.29, 1.82) is 0 Å². The summed E-state index contributed by atoms with van der Waals surface area (Å²) in [6.45, 7) is 3.28. The van der Waals surface area contributed by atoms with E-state index >= 15 is 0 Å². The lowest BCUT2D eigenvalue weighted by Crippen LogP contribution is -2.46. The zero-order valence-electron chi connectivity index (χ0n) is 17.7. The van der Waals surface area contributed by atoms with Crippen molar-refractivity contribution in [1.82, 2.24) is 15.5 Å². The number of unbranched alkanes of at least 4 members (excludes halogenated alkanes) is 1. The molecule has 6 nitrogen and oxygen atoms in total. The Bertz CT molecular complexity index is 790. The number of hydrogen-bond acceptors (Lipinski definition) is 3. The smallest absolute Gasteiger partial charge is 0.357 e. The van der Waals surface area contributed by atoms with E-state index in [2.05, 4.69) is 15.6 Å². The number of carbonyl (C=O) groups is 2. The van der Waals surface area contributed by atoms with Gasteiger partial charge in [0.1, 0.15) is 0 Å². The molecule has 31 heavy (non-hydrogen) atoms. The van der Waals surface area contributed by atoms with Gasteiger partial charge in [0.25, 0.3) is 11.8 Å². The summed E-state index contributed by atoms with van der Waals surface area (Å²) in [6.07, 6.45) is -1.41. The van der Waals surface area contributed by atoms with Crippen LogP contribution in [0.3, 0.4) is 0 Å². The number of amides is 2. The highest BCUT2D eigenvalue weighted by Crippen LogP contribution is 2.37. The molecular formula is C22H29F3N4O2. The summed E-state index contributed by atoms with van der Waals surface area (Å²) in [6, 6.07) is 6.53. The summed E-state index contributed by atoms with van der Waals surface area (Å²) in [5.41, 5.74) is 0.877. The lowest BCUT2D eigenvalue weighted by molar-refractivity contribution is -0.183. The number of halogens is 3. The third kappa shape index (κ3) is 5.77. The van der Waals surface area contributed by atoms with E-state index in [0.717, 1.165) is 0 Å². The molecule has 0 aromatic heterocycles. The molecule has 3 rings (SSSR count). The van der Waals surface area contributed by atoms with Crippen LogP contribution in [-0.4, -0.2) is 54.5 Å². The molecule has 2 unspecified atom stereocenters. The third-order valence-corrected chi connectivity index (χ3v) is 5.76. The van der Waals surface area contributed by atoms with E-state index in [1.54, 1.807) is 24.3 Å². The number of fused-ring (bicyclic) bond motifs is 1. The topological polar surface area (TPSA) is 73.8 Å². The van der Waals surface area contributed by atoms with Crippen molar-refractivity contribution in [2.24, 2.45) is 10.9 Å². The number of nitrogens with one attached hydrogen (secondary N) is 2. The minimum absolute atomic E-state index is 0.0632. The first-order chi connectivity index (χ1) is 14.8. The summed E-state index contributed by atoms with van der Waals surface area (Å²) in [5, 5.41) is 6.22. The van der Waals surface area contributed by atoms with Gasteiger partial charge in [-0.2, -0.15) is 13.2 Å². The quantitative estimate of drug-likeness (QED) is 0.294. The van der Waals surface area contributed by atoms with Crippen molar-refractivity contribution in [3.8, 4) is 0 Å². The average Bonchev–Trinajstić information content (AvgIpc) is 2.98. The van der Waals surface area contributed by atoms with Crippen molar-refractivity contribution in [2.45, 2.75) is 57.7 Å². The first-order valence-electron chi connectivity index (χ1n) is 10.9. The van der Waals surface area contributed by atoms with E-state index in [1.165, 1.54) is 4.90 Å². The monoisotopic (exact) mass is 438 g/mol.